The molecule has 6 heteroatoms. The average molecular weight is 194 g/mol. The van der Waals surface area contributed by atoms with Crippen molar-refractivity contribution in [1.82, 2.24) is 4.31 Å². The molecule has 0 amide bonds. The summed E-state index contributed by atoms with van der Waals surface area (Å²) < 4.78 is 23.3. The predicted molar refractivity (Wildman–Crippen MR) is 45.0 cm³/mol. The Balaban J connectivity index is 2.70. The van der Waals surface area contributed by atoms with E-state index in [-0.39, 0.29) is 13.1 Å². The second-order valence-corrected chi connectivity index (χ2v) is 5.26. The summed E-state index contributed by atoms with van der Waals surface area (Å²) in [6.07, 6.45) is 1.56. The lowest BCUT2D eigenvalue weighted by Crippen LogP contribution is -2.41. The molecule has 5 nitrogen and oxygen atoms in total. The van der Waals surface area contributed by atoms with Crippen LogP contribution in [0, 0.1) is 0 Å². The Labute approximate surface area is 72.2 Å². The summed E-state index contributed by atoms with van der Waals surface area (Å²) in [5.41, 5.74) is 4.29. The summed E-state index contributed by atoms with van der Waals surface area (Å²) in [5.74, 6) is 0. The van der Waals surface area contributed by atoms with Gasteiger partial charge in [0, 0.05) is 19.6 Å². The Kier molecular flexibility index (Phi) is 2.44. The maximum absolute atomic E-state index is 11.0. The van der Waals surface area contributed by atoms with E-state index in [0.29, 0.717) is 13.0 Å². The van der Waals surface area contributed by atoms with Gasteiger partial charge in [0.15, 0.2) is 0 Å². The summed E-state index contributed by atoms with van der Waals surface area (Å²) >= 11 is 0. The molecule has 0 radical (unpaired) electrons. The molecule has 1 unspecified atom stereocenters. The van der Waals surface area contributed by atoms with Crippen molar-refractivity contribution in [3.8, 4) is 0 Å². The van der Waals surface area contributed by atoms with Gasteiger partial charge in [-0.25, -0.2) is 8.42 Å². The van der Waals surface area contributed by atoms with Crippen molar-refractivity contribution < 1.29 is 13.5 Å². The van der Waals surface area contributed by atoms with Crippen LogP contribution >= 0.6 is 0 Å². The molecule has 0 aromatic carbocycles. The van der Waals surface area contributed by atoms with E-state index >= 15 is 0 Å². The quantitative estimate of drug-likeness (QED) is 0.551. The number of hydrogen-bond acceptors (Lipinski definition) is 4. The van der Waals surface area contributed by atoms with Crippen LogP contribution in [0.1, 0.15) is 6.42 Å². The van der Waals surface area contributed by atoms with E-state index in [4.69, 9.17) is 5.73 Å². The van der Waals surface area contributed by atoms with Crippen molar-refractivity contribution in [3.05, 3.63) is 0 Å². The minimum atomic E-state index is -3.17. The fourth-order valence-corrected chi connectivity index (χ4v) is 2.17. The smallest absolute Gasteiger partial charge is 0.211 e. The Morgan fingerprint density at radius 2 is 2.25 bits per heavy atom. The molecule has 0 saturated carbocycles. The number of rotatable bonds is 2. The third-order valence-electron chi connectivity index (χ3n) is 2.15. The lowest BCUT2D eigenvalue weighted by atomic mass is 10.1. The molecule has 1 rings (SSSR count). The number of sulfonamides is 1. The van der Waals surface area contributed by atoms with Crippen molar-refractivity contribution in [2.45, 2.75) is 12.0 Å². The number of hydrogen-bond donors (Lipinski definition) is 2. The van der Waals surface area contributed by atoms with E-state index in [1.807, 2.05) is 0 Å². The van der Waals surface area contributed by atoms with Gasteiger partial charge in [-0.15, -0.1) is 0 Å². The van der Waals surface area contributed by atoms with E-state index in [9.17, 15) is 13.5 Å². The molecule has 1 aliphatic heterocycles. The topological polar surface area (TPSA) is 83.6 Å². The van der Waals surface area contributed by atoms with E-state index in [1.54, 1.807) is 0 Å². The van der Waals surface area contributed by atoms with E-state index in [2.05, 4.69) is 0 Å². The van der Waals surface area contributed by atoms with Gasteiger partial charge in [0.1, 0.15) is 0 Å². The molecule has 1 saturated heterocycles. The summed E-state index contributed by atoms with van der Waals surface area (Å²) in [7, 11) is -3.17. The lowest BCUT2D eigenvalue weighted by molar-refractivity contribution is 0.0652. The summed E-state index contributed by atoms with van der Waals surface area (Å²) in [6, 6.07) is 0. The zero-order valence-electron chi connectivity index (χ0n) is 7.02. The van der Waals surface area contributed by atoms with Gasteiger partial charge in [0.25, 0.3) is 0 Å². The molecule has 0 aliphatic carbocycles. The van der Waals surface area contributed by atoms with Gasteiger partial charge in [0.05, 0.1) is 11.9 Å². The molecule has 72 valence electrons. The van der Waals surface area contributed by atoms with E-state index in [0.717, 1.165) is 6.26 Å². The minimum absolute atomic E-state index is 0.110. The standard InChI is InChI=1S/C6H14N2O3S/c1-12(10,11)8-3-2-6(9,4-7)5-8/h9H,2-5,7H2,1H3. The Morgan fingerprint density at radius 3 is 2.50 bits per heavy atom. The maximum atomic E-state index is 11.0. The fourth-order valence-electron chi connectivity index (χ4n) is 1.27. The highest BCUT2D eigenvalue weighted by atomic mass is 32.2. The summed E-state index contributed by atoms with van der Waals surface area (Å²) in [5, 5.41) is 9.60. The van der Waals surface area contributed by atoms with E-state index < -0.39 is 15.6 Å². The predicted octanol–water partition coefficient (Wildman–Crippen LogP) is -1.66. The van der Waals surface area contributed by atoms with Crippen LogP contribution in [0.3, 0.4) is 0 Å². The van der Waals surface area contributed by atoms with Crippen molar-refractivity contribution >= 4 is 10.0 Å². The molecule has 1 fully saturated rings. The zero-order chi connectivity index (χ0) is 9.41. The van der Waals surface area contributed by atoms with Crippen LogP contribution in [0.4, 0.5) is 0 Å². The minimum Gasteiger partial charge on any atom is -0.387 e. The zero-order valence-corrected chi connectivity index (χ0v) is 7.84. The number of nitrogens with zero attached hydrogens (tertiary/aromatic N) is 1. The Morgan fingerprint density at radius 1 is 1.67 bits per heavy atom. The molecule has 3 N–H and O–H groups in total. The highest BCUT2D eigenvalue weighted by molar-refractivity contribution is 7.88. The van der Waals surface area contributed by atoms with Crippen LogP contribution < -0.4 is 5.73 Å². The largest absolute Gasteiger partial charge is 0.387 e. The normalized spacial score (nSPS) is 32.6. The highest BCUT2D eigenvalue weighted by Crippen LogP contribution is 2.21. The Hall–Kier alpha value is -0.170. The average Bonchev–Trinajstić information content (AvgIpc) is 2.32. The highest BCUT2D eigenvalue weighted by Gasteiger charge is 2.38. The van der Waals surface area contributed by atoms with Gasteiger partial charge < -0.3 is 10.8 Å². The third kappa shape index (κ3) is 1.95. The van der Waals surface area contributed by atoms with Crippen LogP contribution in [0.25, 0.3) is 0 Å². The van der Waals surface area contributed by atoms with Crippen molar-refractivity contribution in [3.63, 3.8) is 0 Å². The van der Waals surface area contributed by atoms with Crippen molar-refractivity contribution in [2.24, 2.45) is 5.73 Å². The van der Waals surface area contributed by atoms with Gasteiger partial charge in [-0.1, -0.05) is 0 Å². The molecule has 0 aromatic heterocycles. The summed E-state index contributed by atoms with van der Waals surface area (Å²) in [6.45, 7) is 0.605. The summed E-state index contributed by atoms with van der Waals surface area (Å²) in [4.78, 5) is 0. The van der Waals surface area contributed by atoms with Crippen molar-refractivity contribution in [2.75, 3.05) is 25.9 Å². The molecule has 1 heterocycles. The first-order valence-corrected chi connectivity index (χ1v) is 5.60. The second-order valence-electron chi connectivity index (χ2n) is 3.28. The van der Waals surface area contributed by atoms with Crippen LogP contribution in [0.15, 0.2) is 0 Å². The Bertz CT molecular complexity index is 264. The first kappa shape index (κ1) is 9.91. The molecule has 0 spiro atoms. The van der Waals surface area contributed by atoms with Gasteiger partial charge >= 0.3 is 0 Å². The molecule has 0 bridgehead atoms. The molecule has 1 atom stereocenters. The second kappa shape index (κ2) is 2.95. The van der Waals surface area contributed by atoms with E-state index in [1.165, 1.54) is 4.31 Å². The maximum Gasteiger partial charge on any atom is 0.211 e. The molecular weight excluding hydrogens is 180 g/mol. The van der Waals surface area contributed by atoms with Crippen LogP contribution in [-0.2, 0) is 10.0 Å². The first-order chi connectivity index (χ1) is 5.37. The van der Waals surface area contributed by atoms with Crippen LogP contribution in [0.2, 0.25) is 0 Å². The molecule has 0 aromatic rings. The molecule has 1 aliphatic rings. The molecule has 12 heavy (non-hydrogen) atoms. The number of aliphatic hydroxyl groups is 1. The van der Waals surface area contributed by atoms with Gasteiger partial charge in [-0.2, -0.15) is 4.31 Å². The number of nitrogens with two attached hydrogens (primary N) is 1. The van der Waals surface area contributed by atoms with Crippen LogP contribution in [0.5, 0.6) is 0 Å². The number of β-amino-alcohol motifs (C(OH)–C–C–N with tert-alkyl or cyclic N) is 1. The SMILES string of the molecule is CS(=O)(=O)N1CCC(O)(CN)C1. The third-order valence-corrected chi connectivity index (χ3v) is 3.40. The van der Waals surface area contributed by atoms with Gasteiger partial charge in [-0.3, -0.25) is 0 Å². The lowest BCUT2D eigenvalue weighted by Gasteiger charge is -2.19. The van der Waals surface area contributed by atoms with Crippen LogP contribution in [-0.4, -0.2) is 49.3 Å². The fraction of sp³-hybridized carbons (Fsp3) is 1.00. The molecular formula is C6H14N2O3S. The van der Waals surface area contributed by atoms with Gasteiger partial charge in [0.2, 0.25) is 10.0 Å². The first-order valence-electron chi connectivity index (χ1n) is 3.75. The monoisotopic (exact) mass is 194 g/mol. The van der Waals surface area contributed by atoms with Crippen molar-refractivity contribution in [1.29, 1.82) is 0 Å². The van der Waals surface area contributed by atoms with Gasteiger partial charge in [-0.05, 0) is 6.42 Å².